The Kier molecular flexibility index (Phi) is 5.80. The lowest BCUT2D eigenvalue weighted by atomic mass is 9.89. The van der Waals surface area contributed by atoms with E-state index in [4.69, 9.17) is 0 Å². The van der Waals surface area contributed by atoms with Gasteiger partial charge >= 0.3 is 0 Å². The van der Waals surface area contributed by atoms with Gasteiger partial charge in [-0.25, -0.2) is 0 Å². The van der Waals surface area contributed by atoms with Crippen molar-refractivity contribution in [2.75, 3.05) is 11.4 Å². The van der Waals surface area contributed by atoms with Gasteiger partial charge in [0.15, 0.2) is 0 Å². The molecule has 0 bridgehead atoms. The molecule has 1 aliphatic carbocycles. The Morgan fingerprint density at radius 3 is 1.84 bits per heavy atom. The number of rotatable bonds is 6. The summed E-state index contributed by atoms with van der Waals surface area (Å²) in [4.78, 5) is 2.22. The van der Waals surface area contributed by atoms with E-state index in [-0.39, 0.29) is 0 Å². The average molecular weight is 335 g/mol. The maximum absolute atomic E-state index is 4.35. The molecule has 2 aromatic carbocycles. The third-order valence-electron chi connectivity index (χ3n) is 5.17. The Bertz CT molecular complexity index is 634. The standard InChI is InChI=1S/C23H30N2/c1-18-9-13-22(14-10-18)25(23-15-11-19(2)12-16-23)20(3)24-17-21-7-5-4-6-8-21/h9-16,21,24H,3-8,17H2,1-2H3. The van der Waals surface area contributed by atoms with Crippen LogP contribution in [0.1, 0.15) is 43.2 Å². The van der Waals surface area contributed by atoms with Crippen LogP contribution in [0, 0.1) is 19.8 Å². The van der Waals surface area contributed by atoms with Gasteiger partial charge in [-0.15, -0.1) is 0 Å². The molecule has 0 amide bonds. The second-order valence-corrected chi connectivity index (χ2v) is 7.34. The maximum atomic E-state index is 4.35. The maximum Gasteiger partial charge on any atom is 0.103 e. The van der Waals surface area contributed by atoms with Gasteiger partial charge in [0.25, 0.3) is 0 Å². The van der Waals surface area contributed by atoms with Crippen LogP contribution in [0.4, 0.5) is 11.4 Å². The van der Waals surface area contributed by atoms with E-state index >= 15 is 0 Å². The Morgan fingerprint density at radius 1 is 0.880 bits per heavy atom. The van der Waals surface area contributed by atoms with Crippen molar-refractivity contribution in [1.82, 2.24) is 5.32 Å². The van der Waals surface area contributed by atoms with Crippen molar-refractivity contribution in [2.24, 2.45) is 5.92 Å². The lowest BCUT2D eigenvalue weighted by Crippen LogP contribution is -2.31. The van der Waals surface area contributed by atoms with E-state index < -0.39 is 0 Å². The highest BCUT2D eigenvalue weighted by atomic mass is 15.2. The fourth-order valence-corrected chi connectivity index (χ4v) is 3.58. The smallest absolute Gasteiger partial charge is 0.103 e. The first kappa shape index (κ1) is 17.6. The fraction of sp³-hybridized carbons (Fsp3) is 0.391. The molecule has 0 saturated heterocycles. The summed E-state index contributed by atoms with van der Waals surface area (Å²) in [6.07, 6.45) is 6.83. The minimum atomic E-state index is 0.781. The molecule has 1 fully saturated rings. The minimum absolute atomic E-state index is 0.781. The Labute approximate surface area is 152 Å². The number of nitrogens with zero attached hydrogens (tertiary/aromatic N) is 1. The van der Waals surface area contributed by atoms with Crippen molar-refractivity contribution in [1.29, 1.82) is 0 Å². The minimum Gasteiger partial charge on any atom is -0.371 e. The summed E-state index contributed by atoms with van der Waals surface area (Å²) in [5.41, 5.74) is 4.84. The number of hydrogen-bond acceptors (Lipinski definition) is 2. The van der Waals surface area contributed by atoms with E-state index in [0.29, 0.717) is 0 Å². The number of benzene rings is 2. The first-order valence-electron chi connectivity index (χ1n) is 9.50. The predicted octanol–water partition coefficient (Wildman–Crippen LogP) is 6.08. The van der Waals surface area contributed by atoms with Crippen LogP contribution in [0.25, 0.3) is 0 Å². The molecular weight excluding hydrogens is 304 g/mol. The second-order valence-electron chi connectivity index (χ2n) is 7.34. The molecule has 1 saturated carbocycles. The fourth-order valence-electron chi connectivity index (χ4n) is 3.58. The highest BCUT2D eigenvalue weighted by Crippen LogP contribution is 2.29. The van der Waals surface area contributed by atoms with E-state index in [0.717, 1.165) is 29.7 Å². The summed E-state index contributed by atoms with van der Waals surface area (Å²) in [7, 11) is 0. The number of anilines is 2. The zero-order valence-corrected chi connectivity index (χ0v) is 15.6. The van der Waals surface area contributed by atoms with E-state index in [1.165, 1.54) is 43.2 Å². The predicted molar refractivity (Wildman–Crippen MR) is 108 cm³/mol. The normalized spacial score (nSPS) is 15.0. The van der Waals surface area contributed by atoms with Crippen LogP contribution >= 0.6 is 0 Å². The first-order chi connectivity index (χ1) is 12.1. The Balaban J connectivity index is 1.78. The molecule has 1 aliphatic rings. The molecule has 0 atom stereocenters. The number of aryl methyl sites for hydroxylation is 2. The van der Waals surface area contributed by atoms with Crippen LogP contribution in [-0.4, -0.2) is 6.54 Å². The summed E-state index contributed by atoms with van der Waals surface area (Å²) in [6.45, 7) is 9.62. The lowest BCUT2D eigenvalue weighted by Gasteiger charge is -2.30. The highest BCUT2D eigenvalue weighted by Gasteiger charge is 2.16. The molecule has 2 nitrogen and oxygen atoms in total. The molecule has 132 valence electrons. The summed E-state index contributed by atoms with van der Waals surface area (Å²) >= 11 is 0. The average Bonchev–Trinajstić information content (AvgIpc) is 2.64. The third kappa shape index (κ3) is 4.66. The van der Waals surface area contributed by atoms with Gasteiger partial charge in [-0.2, -0.15) is 0 Å². The molecule has 1 N–H and O–H groups in total. The van der Waals surface area contributed by atoms with E-state index in [2.05, 4.69) is 79.2 Å². The second kappa shape index (κ2) is 8.24. The van der Waals surface area contributed by atoms with Gasteiger partial charge in [0.2, 0.25) is 0 Å². The lowest BCUT2D eigenvalue weighted by molar-refractivity contribution is 0.350. The molecule has 0 unspecified atom stereocenters. The Hall–Kier alpha value is -2.22. The summed E-state index contributed by atoms with van der Waals surface area (Å²) < 4.78 is 0. The van der Waals surface area contributed by atoms with Crippen molar-refractivity contribution < 1.29 is 0 Å². The van der Waals surface area contributed by atoms with Gasteiger partial charge in [0.05, 0.1) is 0 Å². The van der Waals surface area contributed by atoms with Crippen LogP contribution in [0.5, 0.6) is 0 Å². The molecule has 0 aliphatic heterocycles. The molecule has 0 heterocycles. The van der Waals surface area contributed by atoms with E-state index in [1.54, 1.807) is 0 Å². The molecule has 25 heavy (non-hydrogen) atoms. The van der Waals surface area contributed by atoms with Gasteiger partial charge in [-0.3, -0.25) is 4.90 Å². The van der Waals surface area contributed by atoms with Gasteiger partial charge < -0.3 is 5.32 Å². The highest BCUT2D eigenvalue weighted by molar-refractivity contribution is 5.68. The molecule has 2 heteroatoms. The van der Waals surface area contributed by atoms with Crippen LogP contribution in [0.3, 0.4) is 0 Å². The Morgan fingerprint density at radius 2 is 1.36 bits per heavy atom. The van der Waals surface area contributed by atoms with Crippen molar-refractivity contribution in [2.45, 2.75) is 46.0 Å². The van der Waals surface area contributed by atoms with E-state index in [1.807, 2.05) is 0 Å². The van der Waals surface area contributed by atoms with Crippen LogP contribution in [0.15, 0.2) is 60.9 Å². The first-order valence-corrected chi connectivity index (χ1v) is 9.50. The molecule has 0 spiro atoms. The zero-order chi connectivity index (χ0) is 17.6. The zero-order valence-electron chi connectivity index (χ0n) is 15.6. The molecular formula is C23H30N2. The van der Waals surface area contributed by atoms with Gasteiger partial charge in [0, 0.05) is 17.9 Å². The van der Waals surface area contributed by atoms with Crippen LogP contribution < -0.4 is 10.2 Å². The number of hydrogen-bond donors (Lipinski definition) is 1. The topological polar surface area (TPSA) is 15.3 Å². The summed E-state index contributed by atoms with van der Waals surface area (Å²) in [5, 5.41) is 3.61. The van der Waals surface area contributed by atoms with Crippen molar-refractivity contribution in [3.63, 3.8) is 0 Å². The molecule has 0 radical (unpaired) electrons. The van der Waals surface area contributed by atoms with Crippen LogP contribution in [-0.2, 0) is 0 Å². The van der Waals surface area contributed by atoms with Gasteiger partial charge in [-0.1, -0.05) is 61.2 Å². The number of nitrogens with one attached hydrogen (secondary N) is 1. The molecule has 0 aromatic heterocycles. The summed E-state index contributed by atoms with van der Waals surface area (Å²) in [6, 6.07) is 17.3. The van der Waals surface area contributed by atoms with Gasteiger partial charge in [-0.05, 0) is 56.9 Å². The summed E-state index contributed by atoms with van der Waals surface area (Å²) in [5.74, 6) is 1.74. The molecule has 3 rings (SSSR count). The van der Waals surface area contributed by atoms with Crippen molar-refractivity contribution in [3.8, 4) is 0 Å². The van der Waals surface area contributed by atoms with Crippen molar-refractivity contribution >= 4 is 11.4 Å². The molecule has 2 aromatic rings. The van der Waals surface area contributed by atoms with Gasteiger partial charge in [0.1, 0.15) is 5.82 Å². The third-order valence-corrected chi connectivity index (χ3v) is 5.17. The quantitative estimate of drug-likeness (QED) is 0.688. The van der Waals surface area contributed by atoms with Crippen molar-refractivity contribution in [3.05, 3.63) is 72.1 Å². The largest absolute Gasteiger partial charge is 0.371 e. The van der Waals surface area contributed by atoms with E-state index in [9.17, 15) is 0 Å². The monoisotopic (exact) mass is 334 g/mol. The van der Waals surface area contributed by atoms with Crippen LogP contribution in [0.2, 0.25) is 0 Å². The SMILES string of the molecule is C=C(NCC1CCCCC1)N(c1ccc(C)cc1)c1ccc(C)cc1.